The molecule has 0 aliphatic carbocycles. The van der Waals surface area contributed by atoms with E-state index in [9.17, 15) is 4.79 Å². The molecule has 1 saturated heterocycles. The van der Waals surface area contributed by atoms with Crippen LogP contribution in [0.4, 0.5) is 0 Å². The molecule has 2 heterocycles. The third kappa shape index (κ3) is 2.76. The zero-order valence-electron chi connectivity index (χ0n) is 8.75. The highest BCUT2D eigenvalue weighted by Crippen LogP contribution is 2.11. The number of carbonyl (C=O) groups is 1. The Morgan fingerprint density at radius 1 is 1.80 bits per heavy atom. The molecule has 0 radical (unpaired) electrons. The Morgan fingerprint density at radius 3 is 3.27 bits per heavy atom. The summed E-state index contributed by atoms with van der Waals surface area (Å²) in [5.74, 6) is 0.110. The molecule has 0 unspecified atom stereocenters. The van der Waals surface area contributed by atoms with E-state index in [1.54, 1.807) is 11.3 Å². The van der Waals surface area contributed by atoms with Crippen molar-refractivity contribution in [2.75, 3.05) is 6.54 Å². The normalized spacial score (nSPS) is 20.5. The van der Waals surface area contributed by atoms with Crippen LogP contribution in [0.2, 0.25) is 0 Å². The Morgan fingerprint density at radius 2 is 2.67 bits per heavy atom. The number of nitrogens with one attached hydrogen (secondary N) is 2. The molecule has 1 amide bonds. The lowest BCUT2D eigenvalue weighted by molar-refractivity contribution is -0.122. The monoisotopic (exact) mass is 225 g/mol. The van der Waals surface area contributed by atoms with Crippen molar-refractivity contribution in [3.8, 4) is 0 Å². The van der Waals surface area contributed by atoms with Gasteiger partial charge in [-0.3, -0.25) is 4.79 Å². The number of aromatic nitrogens is 1. The van der Waals surface area contributed by atoms with E-state index in [2.05, 4.69) is 15.6 Å². The highest BCUT2D eigenvalue weighted by molar-refractivity contribution is 7.11. The first kappa shape index (κ1) is 10.6. The molecular formula is C10H15N3OS. The van der Waals surface area contributed by atoms with E-state index in [1.807, 2.05) is 13.1 Å². The van der Waals surface area contributed by atoms with Gasteiger partial charge in [-0.25, -0.2) is 4.98 Å². The third-order valence-corrected chi connectivity index (χ3v) is 3.40. The van der Waals surface area contributed by atoms with Crippen LogP contribution in [0.25, 0.3) is 0 Å². The van der Waals surface area contributed by atoms with Crippen molar-refractivity contribution in [3.63, 3.8) is 0 Å². The first-order valence-electron chi connectivity index (χ1n) is 5.18. The number of hydrogen-bond acceptors (Lipinski definition) is 4. The van der Waals surface area contributed by atoms with E-state index in [1.165, 1.54) is 0 Å². The van der Waals surface area contributed by atoms with Gasteiger partial charge in [0.2, 0.25) is 5.91 Å². The molecule has 1 aliphatic heterocycles. The molecule has 15 heavy (non-hydrogen) atoms. The quantitative estimate of drug-likeness (QED) is 0.801. The van der Waals surface area contributed by atoms with Gasteiger partial charge in [0.1, 0.15) is 0 Å². The highest BCUT2D eigenvalue weighted by atomic mass is 32.1. The molecule has 1 fully saturated rings. The molecule has 1 aromatic rings. The van der Waals surface area contributed by atoms with E-state index in [0.29, 0.717) is 6.54 Å². The summed E-state index contributed by atoms with van der Waals surface area (Å²) in [6, 6.07) is 0.0130. The van der Waals surface area contributed by atoms with Gasteiger partial charge in [-0.1, -0.05) is 0 Å². The molecule has 0 bridgehead atoms. The first-order chi connectivity index (χ1) is 7.25. The van der Waals surface area contributed by atoms with Gasteiger partial charge in [-0.15, -0.1) is 11.3 Å². The van der Waals surface area contributed by atoms with E-state index < -0.39 is 0 Å². The smallest absolute Gasteiger partial charge is 0.237 e. The predicted molar refractivity (Wildman–Crippen MR) is 59.7 cm³/mol. The minimum absolute atomic E-state index is 0.0130. The summed E-state index contributed by atoms with van der Waals surface area (Å²) in [7, 11) is 0. The minimum Gasteiger partial charge on any atom is -0.350 e. The second kappa shape index (κ2) is 4.72. The molecular weight excluding hydrogens is 210 g/mol. The van der Waals surface area contributed by atoms with Crippen LogP contribution in [0.3, 0.4) is 0 Å². The number of aryl methyl sites for hydroxylation is 1. The van der Waals surface area contributed by atoms with Crippen LogP contribution in [0, 0.1) is 6.92 Å². The molecule has 4 nitrogen and oxygen atoms in total. The Bertz CT molecular complexity index is 344. The van der Waals surface area contributed by atoms with Gasteiger partial charge in [0.05, 0.1) is 17.6 Å². The lowest BCUT2D eigenvalue weighted by Gasteiger charge is -2.09. The average molecular weight is 225 g/mol. The lowest BCUT2D eigenvalue weighted by atomic mass is 10.2. The van der Waals surface area contributed by atoms with Crippen LogP contribution in [-0.2, 0) is 11.3 Å². The SMILES string of the molecule is Cc1ncc(CNC(=O)[C@@H]2CCCN2)s1. The fraction of sp³-hybridized carbons (Fsp3) is 0.600. The number of rotatable bonds is 3. The molecule has 2 rings (SSSR count). The van der Waals surface area contributed by atoms with Crippen molar-refractivity contribution in [2.24, 2.45) is 0 Å². The van der Waals surface area contributed by atoms with Gasteiger partial charge in [-0.05, 0) is 26.3 Å². The topological polar surface area (TPSA) is 54.0 Å². The number of amides is 1. The predicted octanol–water partition coefficient (Wildman–Crippen LogP) is 0.820. The summed E-state index contributed by atoms with van der Waals surface area (Å²) in [6.07, 6.45) is 3.87. The Kier molecular flexibility index (Phi) is 3.33. The van der Waals surface area contributed by atoms with E-state index in [4.69, 9.17) is 0 Å². The maximum atomic E-state index is 11.6. The summed E-state index contributed by atoms with van der Waals surface area (Å²) in [5.41, 5.74) is 0. The molecule has 2 N–H and O–H groups in total. The molecule has 1 aliphatic rings. The van der Waals surface area contributed by atoms with Crippen LogP contribution in [0.1, 0.15) is 22.7 Å². The number of carbonyl (C=O) groups excluding carboxylic acids is 1. The molecule has 0 spiro atoms. The summed E-state index contributed by atoms with van der Waals surface area (Å²) in [4.78, 5) is 16.9. The van der Waals surface area contributed by atoms with Crippen molar-refractivity contribution >= 4 is 17.2 Å². The Labute approximate surface area is 93.1 Å². The van der Waals surface area contributed by atoms with Gasteiger partial charge in [0, 0.05) is 11.1 Å². The molecule has 1 atom stereocenters. The zero-order valence-corrected chi connectivity index (χ0v) is 9.56. The molecule has 0 saturated carbocycles. The van der Waals surface area contributed by atoms with E-state index >= 15 is 0 Å². The molecule has 1 aromatic heterocycles. The van der Waals surface area contributed by atoms with Gasteiger partial charge in [-0.2, -0.15) is 0 Å². The van der Waals surface area contributed by atoms with Crippen molar-refractivity contribution in [1.29, 1.82) is 0 Å². The fourth-order valence-electron chi connectivity index (χ4n) is 1.69. The molecule has 5 heteroatoms. The van der Waals surface area contributed by atoms with Crippen molar-refractivity contribution in [1.82, 2.24) is 15.6 Å². The highest BCUT2D eigenvalue weighted by Gasteiger charge is 2.21. The lowest BCUT2D eigenvalue weighted by Crippen LogP contribution is -2.39. The van der Waals surface area contributed by atoms with Crippen LogP contribution in [-0.4, -0.2) is 23.5 Å². The number of nitrogens with zero attached hydrogens (tertiary/aromatic N) is 1. The summed E-state index contributed by atoms with van der Waals surface area (Å²) in [5, 5.41) is 7.14. The standard InChI is InChI=1S/C10H15N3OS/c1-7-12-5-8(15-7)6-13-10(14)9-3-2-4-11-9/h5,9,11H,2-4,6H2,1H3,(H,13,14)/t9-/m0/s1. The van der Waals surface area contributed by atoms with E-state index in [0.717, 1.165) is 29.3 Å². The summed E-state index contributed by atoms with van der Waals surface area (Å²) < 4.78 is 0. The molecule has 0 aromatic carbocycles. The zero-order chi connectivity index (χ0) is 10.7. The summed E-state index contributed by atoms with van der Waals surface area (Å²) >= 11 is 1.63. The second-order valence-corrected chi connectivity index (χ2v) is 5.03. The van der Waals surface area contributed by atoms with Crippen molar-refractivity contribution < 1.29 is 4.79 Å². The van der Waals surface area contributed by atoms with Crippen molar-refractivity contribution in [2.45, 2.75) is 32.4 Å². The molecule has 82 valence electrons. The van der Waals surface area contributed by atoms with Crippen LogP contribution < -0.4 is 10.6 Å². The first-order valence-corrected chi connectivity index (χ1v) is 6.00. The minimum atomic E-state index is 0.0130. The largest absolute Gasteiger partial charge is 0.350 e. The van der Waals surface area contributed by atoms with Gasteiger partial charge in [0.15, 0.2) is 0 Å². The maximum Gasteiger partial charge on any atom is 0.237 e. The van der Waals surface area contributed by atoms with Gasteiger partial charge < -0.3 is 10.6 Å². The van der Waals surface area contributed by atoms with Crippen LogP contribution >= 0.6 is 11.3 Å². The van der Waals surface area contributed by atoms with E-state index in [-0.39, 0.29) is 11.9 Å². The number of hydrogen-bond donors (Lipinski definition) is 2. The van der Waals surface area contributed by atoms with Crippen LogP contribution in [0.5, 0.6) is 0 Å². The number of thiazole rings is 1. The van der Waals surface area contributed by atoms with Gasteiger partial charge >= 0.3 is 0 Å². The van der Waals surface area contributed by atoms with Crippen molar-refractivity contribution in [3.05, 3.63) is 16.1 Å². The Balaban J connectivity index is 1.80. The fourth-order valence-corrected chi connectivity index (χ4v) is 2.43. The van der Waals surface area contributed by atoms with Crippen LogP contribution in [0.15, 0.2) is 6.20 Å². The second-order valence-electron chi connectivity index (χ2n) is 3.71. The maximum absolute atomic E-state index is 11.6. The average Bonchev–Trinajstić information content (AvgIpc) is 2.84. The van der Waals surface area contributed by atoms with Gasteiger partial charge in [0.25, 0.3) is 0 Å². The third-order valence-electron chi connectivity index (χ3n) is 2.48. The Hall–Kier alpha value is -0.940. The summed E-state index contributed by atoms with van der Waals surface area (Å²) in [6.45, 7) is 3.52.